The van der Waals surface area contributed by atoms with Crippen molar-refractivity contribution in [2.75, 3.05) is 0 Å². The summed E-state index contributed by atoms with van der Waals surface area (Å²) in [6.45, 7) is 8.49. The van der Waals surface area contributed by atoms with Crippen molar-refractivity contribution >= 4 is 30.2 Å². The second-order valence-corrected chi connectivity index (χ2v) is 5.66. The lowest BCUT2D eigenvalue weighted by atomic mass is 9.88. The van der Waals surface area contributed by atoms with E-state index in [0.29, 0.717) is 12.8 Å². The maximum absolute atomic E-state index is 11.5. The number of nitrogens with one attached hydrogen (secondary N) is 3. The molecule has 1 aliphatic rings. The molecule has 0 bridgehead atoms. The summed E-state index contributed by atoms with van der Waals surface area (Å²) in [4.78, 5) is 34.1. The summed E-state index contributed by atoms with van der Waals surface area (Å²) >= 11 is 0. The summed E-state index contributed by atoms with van der Waals surface area (Å²) < 4.78 is 0. The third-order valence-corrected chi connectivity index (χ3v) is 3.98. The van der Waals surface area contributed by atoms with Crippen LogP contribution in [0.3, 0.4) is 0 Å². The first-order chi connectivity index (χ1) is 10.3. The van der Waals surface area contributed by atoms with Crippen molar-refractivity contribution in [3.8, 4) is 0 Å². The average Bonchev–Trinajstić information content (AvgIpc) is 2.86. The molecule has 4 N–H and O–H groups in total. The molecule has 7 nitrogen and oxygen atoms in total. The summed E-state index contributed by atoms with van der Waals surface area (Å²) in [6.07, 6.45) is 2.73. The Hall–Kier alpha value is -1.60. The molecule has 1 unspecified atom stereocenters. The van der Waals surface area contributed by atoms with Gasteiger partial charge in [-0.05, 0) is 18.8 Å². The molecule has 0 aromatic carbocycles. The summed E-state index contributed by atoms with van der Waals surface area (Å²) in [5.41, 5.74) is 0. The van der Waals surface area contributed by atoms with Gasteiger partial charge < -0.3 is 15.7 Å². The quantitative estimate of drug-likeness (QED) is 0.500. The number of carboxylic acids is 1. The zero-order chi connectivity index (χ0) is 16.9. The topological polar surface area (TPSA) is 108 Å². The number of hydrogen-bond donors (Lipinski definition) is 4. The van der Waals surface area contributed by atoms with Gasteiger partial charge in [0.25, 0.3) is 0 Å². The lowest BCUT2D eigenvalue weighted by molar-refractivity contribution is -0.139. The molecule has 1 heterocycles. The zero-order valence-corrected chi connectivity index (χ0v) is 14.5. The molecule has 0 saturated carbocycles. The van der Waals surface area contributed by atoms with Gasteiger partial charge in [-0.1, -0.05) is 13.0 Å². The lowest BCUT2D eigenvalue weighted by Crippen LogP contribution is -2.60. The monoisotopic (exact) mass is 347 g/mol. The maximum atomic E-state index is 11.5. The minimum atomic E-state index is -0.927. The van der Waals surface area contributed by atoms with E-state index in [2.05, 4.69) is 22.5 Å². The molecule has 8 heteroatoms. The first kappa shape index (κ1) is 21.4. The molecule has 0 aromatic heterocycles. The molecular weight excluding hydrogens is 322 g/mol. The van der Waals surface area contributed by atoms with Crippen LogP contribution in [0.2, 0.25) is 0 Å². The molecule has 5 atom stereocenters. The van der Waals surface area contributed by atoms with Gasteiger partial charge >= 0.3 is 5.97 Å². The number of hydrogen-bond acceptors (Lipinski definition) is 4. The van der Waals surface area contributed by atoms with Gasteiger partial charge in [0.05, 0.1) is 12.1 Å². The van der Waals surface area contributed by atoms with Crippen molar-refractivity contribution in [1.29, 1.82) is 0 Å². The van der Waals surface area contributed by atoms with Gasteiger partial charge in [-0.3, -0.25) is 19.7 Å². The average molecular weight is 348 g/mol. The Morgan fingerprint density at radius 1 is 1.30 bits per heavy atom. The van der Waals surface area contributed by atoms with Crippen molar-refractivity contribution in [3.63, 3.8) is 0 Å². The van der Waals surface area contributed by atoms with Gasteiger partial charge in [0.15, 0.2) is 0 Å². The molecule has 0 aromatic rings. The zero-order valence-electron chi connectivity index (χ0n) is 13.7. The lowest BCUT2D eigenvalue weighted by Gasteiger charge is -2.34. The molecule has 1 saturated heterocycles. The number of carbonyl (C=O) groups excluding carboxylic acids is 2. The first-order valence-electron chi connectivity index (χ1n) is 7.45. The second-order valence-electron chi connectivity index (χ2n) is 5.66. The number of carboxylic acid groups (broad SMARTS) is 1. The molecule has 132 valence electrons. The van der Waals surface area contributed by atoms with E-state index in [9.17, 15) is 19.5 Å². The van der Waals surface area contributed by atoms with Crippen molar-refractivity contribution in [2.45, 2.75) is 57.8 Å². The van der Waals surface area contributed by atoms with Crippen LogP contribution < -0.4 is 16.0 Å². The largest absolute Gasteiger partial charge is 0.480 e. The Balaban J connectivity index is 0.00000484. The maximum Gasteiger partial charge on any atom is 0.320 e. The molecule has 1 fully saturated rings. The molecule has 2 amide bonds. The van der Waals surface area contributed by atoms with Crippen LogP contribution in [-0.4, -0.2) is 47.1 Å². The number of aliphatic carboxylic acids is 1. The Kier molecular flexibility index (Phi) is 8.86. The van der Waals surface area contributed by atoms with Crippen LogP contribution in [0.5, 0.6) is 0 Å². The van der Waals surface area contributed by atoms with Gasteiger partial charge in [0.1, 0.15) is 6.04 Å². The smallest absolute Gasteiger partial charge is 0.320 e. The Bertz CT molecular complexity index is 458. The van der Waals surface area contributed by atoms with Crippen LogP contribution >= 0.6 is 12.4 Å². The molecule has 0 radical (unpaired) electrons. The third-order valence-electron chi connectivity index (χ3n) is 3.98. The van der Waals surface area contributed by atoms with E-state index in [4.69, 9.17) is 0 Å². The van der Waals surface area contributed by atoms with Gasteiger partial charge in [0, 0.05) is 19.9 Å². The second kappa shape index (κ2) is 9.52. The molecule has 0 aliphatic carbocycles. The summed E-state index contributed by atoms with van der Waals surface area (Å²) in [7, 11) is 0. The number of halogens is 1. The van der Waals surface area contributed by atoms with E-state index in [1.54, 1.807) is 6.08 Å². The van der Waals surface area contributed by atoms with Crippen LogP contribution in [0.25, 0.3) is 0 Å². The highest BCUT2D eigenvalue weighted by molar-refractivity contribution is 5.85. The van der Waals surface area contributed by atoms with E-state index in [-0.39, 0.29) is 42.2 Å². The standard InChI is InChI=1S/C15H25N3O4.ClH/c1-5-10-7-12(15(21)22)18-13(10)14(17-9(4)20)11(6-2)16-8(3)19;/h5,10-14,18H,1,6-7H2,2-4H3,(H,16,19)(H,17,20)(H,21,22);1H/t10-,11?,12-,13-,14+;/m1./s1. The summed E-state index contributed by atoms with van der Waals surface area (Å²) in [5, 5.41) is 17.9. The Morgan fingerprint density at radius 2 is 1.87 bits per heavy atom. The highest BCUT2D eigenvalue weighted by Gasteiger charge is 2.42. The van der Waals surface area contributed by atoms with Crippen LogP contribution in [0.1, 0.15) is 33.6 Å². The van der Waals surface area contributed by atoms with Crippen molar-refractivity contribution < 1.29 is 19.5 Å². The van der Waals surface area contributed by atoms with E-state index >= 15 is 0 Å². The van der Waals surface area contributed by atoms with Crippen LogP contribution in [0.15, 0.2) is 12.7 Å². The van der Waals surface area contributed by atoms with E-state index in [1.165, 1.54) is 13.8 Å². The highest BCUT2D eigenvalue weighted by Crippen LogP contribution is 2.26. The molecule has 1 rings (SSSR count). The molecular formula is C15H26ClN3O4. The first-order valence-corrected chi connectivity index (χ1v) is 7.45. The molecule has 23 heavy (non-hydrogen) atoms. The third kappa shape index (κ3) is 5.84. The Labute approximate surface area is 142 Å². The SMILES string of the molecule is C=C[C@@H]1C[C@H](C(=O)O)N[C@H]1[C@@H](NC(C)=O)C(CC)NC(C)=O.Cl. The predicted molar refractivity (Wildman–Crippen MR) is 89.4 cm³/mol. The van der Waals surface area contributed by atoms with Crippen molar-refractivity contribution in [2.24, 2.45) is 5.92 Å². The van der Waals surface area contributed by atoms with E-state index < -0.39 is 18.1 Å². The minimum Gasteiger partial charge on any atom is -0.480 e. The molecule has 0 spiro atoms. The Morgan fingerprint density at radius 3 is 2.26 bits per heavy atom. The van der Waals surface area contributed by atoms with Gasteiger partial charge in [-0.25, -0.2) is 0 Å². The van der Waals surface area contributed by atoms with Crippen molar-refractivity contribution in [1.82, 2.24) is 16.0 Å². The highest BCUT2D eigenvalue weighted by atomic mass is 35.5. The van der Waals surface area contributed by atoms with Crippen molar-refractivity contribution in [3.05, 3.63) is 12.7 Å². The number of amides is 2. The van der Waals surface area contributed by atoms with Crippen LogP contribution in [-0.2, 0) is 14.4 Å². The fourth-order valence-corrected chi connectivity index (χ4v) is 3.01. The van der Waals surface area contributed by atoms with Crippen LogP contribution in [0.4, 0.5) is 0 Å². The predicted octanol–water partition coefficient (Wildman–Crippen LogP) is 0.445. The molecule has 1 aliphatic heterocycles. The van der Waals surface area contributed by atoms with Gasteiger partial charge in [-0.2, -0.15) is 0 Å². The summed E-state index contributed by atoms with van der Waals surface area (Å²) in [5.74, 6) is -1.44. The number of carbonyl (C=O) groups is 3. The normalized spacial score (nSPS) is 25.6. The van der Waals surface area contributed by atoms with E-state index in [0.717, 1.165) is 0 Å². The van der Waals surface area contributed by atoms with Gasteiger partial charge in [-0.15, -0.1) is 19.0 Å². The summed E-state index contributed by atoms with van der Waals surface area (Å²) in [6, 6.07) is -1.66. The minimum absolute atomic E-state index is 0. The fourth-order valence-electron chi connectivity index (χ4n) is 3.01. The fraction of sp³-hybridized carbons (Fsp3) is 0.667. The number of rotatable bonds is 7. The van der Waals surface area contributed by atoms with Gasteiger partial charge in [0.2, 0.25) is 11.8 Å². The van der Waals surface area contributed by atoms with E-state index in [1.807, 2.05) is 6.92 Å². The van der Waals surface area contributed by atoms with Crippen LogP contribution in [0, 0.1) is 5.92 Å².